The molecule has 0 aromatic rings. The molecule has 0 spiro atoms. The second-order valence-corrected chi connectivity index (χ2v) is 1.71. The number of rotatable bonds is 1. The van der Waals surface area contributed by atoms with Gasteiger partial charge in [0, 0.05) is 6.04 Å². The van der Waals surface area contributed by atoms with Crippen LogP contribution in [0.15, 0.2) is 0 Å². The van der Waals surface area contributed by atoms with Gasteiger partial charge < -0.3 is 5.32 Å². The topological polar surface area (TPSA) is 49.0 Å². The van der Waals surface area contributed by atoms with Gasteiger partial charge in [-0.25, -0.2) is 9.90 Å². The Bertz CT molecular complexity index is 87.7. The number of hydrogen-bond acceptors (Lipinski definition) is 1. The molecule has 1 aliphatic carbocycles. The molecule has 0 aliphatic heterocycles. The molecule has 1 aliphatic rings. The lowest BCUT2D eigenvalue weighted by Gasteiger charge is -1.86. The van der Waals surface area contributed by atoms with Crippen LogP contribution in [0.1, 0.15) is 12.8 Å². The molecular weight excluding hydrogens is 94.0 g/mol. The summed E-state index contributed by atoms with van der Waals surface area (Å²) < 4.78 is 0. The Balaban J connectivity index is 2.08. The monoisotopic (exact) mass is 100 g/mol. The van der Waals surface area contributed by atoms with Gasteiger partial charge in [-0.05, 0) is 12.8 Å². The summed E-state index contributed by atoms with van der Waals surface area (Å²) in [6, 6.07) is 0.213. The Kier molecular flexibility index (Phi) is 0.889. The maximum absolute atomic E-state index is 9.63. The van der Waals surface area contributed by atoms with Gasteiger partial charge in [0.2, 0.25) is 0 Å². The van der Waals surface area contributed by atoms with Crippen molar-refractivity contribution < 1.29 is 9.90 Å². The maximum atomic E-state index is 9.63. The van der Waals surface area contributed by atoms with Gasteiger partial charge >= 0.3 is 6.09 Å². The van der Waals surface area contributed by atoms with Crippen LogP contribution in [0, 0.1) is 0 Å². The largest absolute Gasteiger partial charge is 0.450 e. The van der Waals surface area contributed by atoms with Gasteiger partial charge in [0.1, 0.15) is 0 Å². The summed E-state index contributed by atoms with van der Waals surface area (Å²) in [6.07, 6.45) is 0.810. The van der Waals surface area contributed by atoms with Crippen molar-refractivity contribution in [3.05, 3.63) is 0 Å². The number of nitrogens with one attached hydrogen (secondary N) is 1. The molecule has 3 heteroatoms. The number of carbonyl (C=O) groups is 1. The zero-order valence-electron chi connectivity index (χ0n) is 3.81. The normalized spacial score (nSPS) is 18.9. The molecule has 1 saturated carbocycles. The van der Waals surface area contributed by atoms with E-state index in [1.165, 1.54) is 0 Å². The molecular formula is C4H6NO2. The first-order valence-corrected chi connectivity index (χ1v) is 2.26. The highest BCUT2D eigenvalue weighted by atomic mass is 16.4. The van der Waals surface area contributed by atoms with Crippen LogP contribution in [0.5, 0.6) is 0 Å². The van der Waals surface area contributed by atoms with Crippen molar-refractivity contribution in [1.82, 2.24) is 5.32 Å². The first-order valence-electron chi connectivity index (χ1n) is 2.26. The summed E-state index contributed by atoms with van der Waals surface area (Å²) in [7, 11) is 0. The summed E-state index contributed by atoms with van der Waals surface area (Å²) in [5, 5.41) is 11.8. The van der Waals surface area contributed by atoms with E-state index in [-0.39, 0.29) is 6.04 Å². The van der Waals surface area contributed by atoms with E-state index < -0.39 is 6.09 Å². The quantitative estimate of drug-likeness (QED) is 0.505. The average Bonchev–Trinajstić information content (AvgIpc) is 2.17. The van der Waals surface area contributed by atoms with Gasteiger partial charge in [-0.15, -0.1) is 0 Å². The van der Waals surface area contributed by atoms with Gasteiger partial charge in [0.05, 0.1) is 0 Å². The second-order valence-electron chi connectivity index (χ2n) is 1.71. The van der Waals surface area contributed by atoms with E-state index in [9.17, 15) is 9.90 Å². The molecule has 1 amide bonds. The Morgan fingerprint density at radius 3 is 2.29 bits per heavy atom. The summed E-state index contributed by atoms with van der Waals surface area (Å²) in [5.41, 5.74) is 0. The molecule has 0 unspecified atom stereocenters. The first-order chi connectivity index (χ1) is 3.29. The molecule has 0 aromatic carbocycles. The van der Waals surface area contributed by atoms with Gasteiger partial charge in [-0.3, -0.25) is 0 Å². The van der Waals surface area contributed by atoms with Crippen molar-refractivity contribution in [3.63, 3.8) is 0 Å². The predicted molar refractivity (Wildman–Crippen MR) is 22.2 cm³/mol. The smallest absolute Gasteiger partial charge is 0.316 e. The Hall–Kier alpha value is -0.730. The molecule has 0 saturated heterocycles. The molecule has 1 radical (unpaired) electrons. The minimum atomic E-state index is -1.15. The zero-order valence-corrected chi connectivity index (χ0v) is 3.81. The Morgan fingerprint density at radius 2 is 2.14 bits per heavy atom. The van der Waals surface area contributed by atoms with E-state index in [0.717, 1.165) is 12.8 Å². The van der Waals surface area contributed by atoms with Crippen molar-refractivity contribution in [2.75, 3.05) is 0 Å². The van der Waals surface area contributed by atoms with Crippen molar-refractivity contribution in [2.24, 2.45) is 0 Å². The van der Waals surface area contributed by atoms with Crippen LogP contribution in [0.4, 0.5) is 4.79 Å². The molecule has 1 N–H and O–H groups in total. The third-order valence-electron chi connectivity index (χ3n) is 0.899. The minimum Gasteiger partial charge on any atom is -0.316 e. The van der Waals surface area contributed by atoms with Crippen molar-refractivity contribution in [1.29, 1.82) is 0 Å². The van der Waals surface area contributed by atoms with Crippen LogP contribution in [-0.2, 0) is 5.11 Å². The first kappa shape index (κ1) is 4.43. The zero-order chi connectivity index (χ0) is 5.28. The minimum absolute atomic E-state index is 0.213. The molecule has 1 fully saturated rings. The van der Waals surface area contributed by atoms with Gasteiger partial charge in [0.15, 0.2) is 0 Å². The number of hydrogen-bond donors (Lipinski definition) is 1. The third kappa shape index (κ3) is 1.43. The summed E-state index contributed by atoms with van der Waals surface area (Å²) in [6.45, 7) is 0. The Morgan fingerprint density at radius 1 is 1.57 bits per heavy atom. The van der Waals surface area contributed by atoms with Gasteiger partial charge in [-0.1, -0.05) is 0 Å². The SMILES string of the molecule is [O]C(=O)NC1CC1. The molecule has 1 rings (SSSR count). The summed E-state index contributed by atoms with van der Waals surface area (Å²) in [4.78, 5) is 9.63. The highest BCUT2D eigenvalue weighted by Gasteiger charge is 2.23. The molecule has 7 heavy (non-hydrogen) atoms. The lowest BCUT2D eigenvalue weighted by atomic mass is 10.7. The predicted octanol–water partition coefficient (Wildman–Crippen LogP) is 0.289. The molecule has 0 atom stereocenters. The van der Waals surface area contributed by atoms with Gasteiger partial charge in [0.25, 0.3) is 0 Å². The van der Waals surface area contributed by atoms with E-state index in [4.69, 9.17) is 0 Å². The Labute approximate surface area is 41.3 Å². The number of amides is 1. The molecule has 0 heterocycles. The highest BCUT2D eigenvalue weighted by Crippen LogP contribution is 2.17. The average molecular weight is 100 g/mol. The third-order valence-corrected chi connectivity index (χ3v) is 0.899. The lowest BCUT2D eigenvalue weighted by molar-refractivity contribution is 0.168. The van der Waals surface area contributed by atoms with Crippen LogP contribution < -0.4 is 5.32 Å². The van der Waals surface area contributed by atoms with E-state index in [0.29, 0.717) is 0 Å². The van der Waals surface area contributed by atoms with Crippen molar-refractivity contribution in [2.45, 2.75) is 18.9 Å². The maximum Gasteiger partial charge on any atom is 0.450 e. The van der Waals surface area contributed by atoms with Crippen LogP contribution in [0.3, 0.4) is 0 Å². The van der Waals surface area contributed by atoms with E-state index >= 15 is 0 Å². The van der Waals surface area contributed by atoms with E-state index in [1.54, 1.807) is 0 Å². The van der Waals surface area contributed by atoms with Gasteiger partial charge in [-0.2, -0.15) is 0 Å². The molecule has 3 nitrogen and oxygen atoms in total. The van der Waals surface area contributed by atoms with E-state index in [2.05, 4.69) is 5.32 Å². The van der Waals surface area contributed by atoms with Crippen molar-refractivity contribution in [3.8, 4) is 0 Å². The fourth-order valence-corrected chi connectivity index (χ4v) is 0.394. The lowest BCUT2D eigenvalue weighted by Crippen LogP contribution is -2.21. The summed E-state index contributed by atoms with van der Waals surface area (Å²) >= 11 is 0. The fourth-order valence-electron chi connectivity index (χ4n) is 0.394. The van der Waals surface area contributed by atoms with Crippen LogP contribution in [0.25, 0.3) is 0 Å². The van der Waals surface area contributed by atoms with E-state index in [1.807, 2.05) is 0 Å². The van der Waals surface area contributed by atoms with Crippen LogP contribution in [-0.4, -0.2) is 12.1 Å². The highest BCUT2D eigenvalue weighted by molar-refractivity contribution is 5.64. The van der Waals surface area contributed by atoms with Crippen LogP contribution in [0.2, 0.25) is 0 Å². The number of carbonyl (C=O) groups excluding carboxylic acids is 1. The standard InChI is InChI=1S/C4H6NO2/c6-4(7)5-3-1-2-3/h3,5H,1-2H2. The second kappa shape index (κ2) is 1.40. The van der Waals surface area contributed by atoms with Crippen molar-refractivity contribution >= 4 is 6.09 Å². The molecule has 0 aromatic heterocycles. The fraction of sp³-hybridized carbons (Fsp3) is 0.750. The molecule has 39 valence electrons. The summed E-state index contributed by atoms with van der Waals surface area (Å²) in [5.74, 6) is 0. The molecule has 0 bridgehead atoms. The van der Waals surface area contributed by atoms with Crippen LogP contribution >= 0.6 is 0 Å².